The number of piperazine rings is 1. The molecule has 1 amide bonds. The van der Waals surface area contributed by atoms with Crippen molar-refractivity contribution < 1.29 is 14.5 Å². The molecule has 1 heterocycles. The first-order valence-corrected chi connectivity index (χ1v) is 8.98. The number of carbonyl (C=O) groups is 1. The quantitative estimate of drug-likeness (QED) is 0.579. The van der Waals surface area contributed by atoms with Crippen molar-refractivity contribution in [2.24, 2.45) is 0 Å². The van der Waals surface area contributed by atoms with Crippen LogP contribution in [0.3, 0.4) is 0 Å². The van der Waals surface area contributed by atoms with Crippen molar-refractivity contribution >= 4 is 28.9 Å². The van der Waals surface area contributed by atoms with Crippen LogP contribution in [0.25, 0.3) is 0 Å². The van der Waals surface area contributed by atoms with E-state index in [0.29, 0.717) is 37.0 Å². The molecule has 0 saturated carbocycles. The Morgan fingerprint density at radius 1 is 1.15 bits per heavy atom. The lowest BCUT2D eigenvalue weighted by atomic mass is 10.2. The van der Waals surface area contributed by atoms with Crippen molar-refractivity contribution in [1.82, 2.24) is 4.90 Å². The van der Waals surface area contributed by atoms with Crippen molar-refractivity contribution in [3.63, 3.8) is 0 Å². The fourth-order valence-electron chi connectivity index (χ4n) is 2.93. The molecule has 1 fully saturated rings. The van der Waals surface area contributed by atoms with E-state index in [9.17, 15) is 14.9 Å². The molecule has 0 aliphatic carbocycles. The molecular formula is C19H20ClN3O4. The van der Waals surface area contributed by atoms with Gasteiger partial charge in [-0.15, -0.1) is 0 Å². The zero-order chi connectivity index (χ0) is 19.4. The number of nitro groups is 1. The summed E-state index contributed by atoms with van der Waals surface area (Å²) >= 11 is 6.19. The van der Waals surface area contributed by atoms with E-state index in [0.717, 1.165) is 11.3 Å². The number of halogens is 1. The van der Waals surface area contributed by atoms with Crippen LogP contribution in [0, 0.1) is 17.0 Å². The molecule has 1 aliphatic rings. The van der Waals surface area contributed by atoms with Gasteiger partial charge >= 0.3 is 0 Å². The van der Waals surface area contributed by atoms with Gasteiger partial charge in [0.2, 0.25) is 0 Å². The van der Waals surface area contributed by atoms with E-state index in [4.69, 9.17) is 16.3 Å². The van der Waals surface area contributed by atoms with Gasteiger partial charge in [0.1, 0.15) is 5.75 Å². The van der Waals surface area contributed by atoms with Crippen LogP contribution in [0.1, 0.15) is 5.56 Å². The van der Waals surface area contributed by atoms with Crippen LogP contribution in [0.4, 0.5) is 11.4 Å². The van der Waals surface area contributed by atoms with Crippen molar-refractivity contribution in [1.29, 1.82) is 0 Å². The third-order valence-electron chi connectivity index (χ3n) is 4.50. The molecule has 0 unspecified atom stereocenters. The second-order valence-corrected chi connectivity index (χ2v) is 6.77. The van der Waals surface area contributed by atoms with Crippen molar-refractivity contribution in [3.05, 3.63) is 63.2 Å². The van der Waals surface area contributed by atoms with Gasteiger partial charge in [-0.3, -0.25) is 14.9 Å². The zero-order valence-electron chi connectivity index (χ0n) is 14.9. The predicted octanol–water partition coefficient (Wildman–Crippen LogP) is 3.28. The first-order valence-electron chi connectivity index (χ1n) is 8.60. The minimum Gasteiger partial charge on any atom is -0.484 e. The number of hydrogen-bond donors (Lipinski definition) is 0. The lowest BCUT2D eigenvalue weighted by molar-refractivity contribution is -0.384. The van der Waals surface area contributed by atoms with Crippen LogP contribution in [0.15, 0.2) is 42.5 Å². The summed E-state index contributed by atoms with van der Waals surface area (Å²) in [6, 6.07) is 12.0. The maximum atomic E-state index is 12.3. The van der Waals surface area contributed by atoms with Gasteiger partial charge in [-0.1, -0.05) is 29.3 Å². The van der Waals surface area contributed by atoms with Crippen LogP contribution in [-0.2, 0) is 4.79 Å². The van der Waals surface area contributed by atoms with E-state index in [-0.39, 0.29) is 18.2 Å². The van der Waals surface area contributed by atoms with Crippen LogP contribution in [-0.4, -0.2) is 48.5 Å². The standard InChI is InChI=1S/C19H20ClN3O4/c1-14-2-5-16(6-3-14)27-13-19(24)22-10-8-21(9-11-22)18-7-4-15(23(25)26)12-17(18)20/h2-7,12H,8-11,13H2,1H3. The zero-order valence-corrected chi connectivity index (χ0v) is 15.7. The lowest BCUT2D eigenvalue weighted by Crippen LogP contribution is -2.50. The molecule has 3 rings (SSSR count). The molecule has 0 aromatic heterocycles. The molecule has 0 radical (unpaired) electrons. The Morgan fingerprint density at radius 3 is 2.41 bits per heavy atom. The summed E-state index contributed by atoms with van der Waals surface area (Å²) in [6.07, 6.45) is 0. The van der Waals surface area contributed by atoms with Gasteiger partial charge in [-0.05, 0) is 25.1 Å². The van der Waals surface area contributed by atoms with E-state index in [1.807, 2.05) is 36.1 Å². The molecule has 27 heavy (non-hydrogen) atoms. The summed E-state index contributed by atoms with van der Waals surface area (Å²) in [6.45, 7) is 4.29. The Kier molecular flexibility index (Phi) is 5.81. The molecule has 1 aliphatic heterocycles. The average molecular weight is 390 g/mol. The van der Waals surface area contributed by atoms with E-state index >= 15 is 0 Å². The van der Waals surface area contributed by atoms with E-state index in [1.165, 1.54) is 12.1 Å². The Balaban J connectivity index is 1.53. The number of non-ortho nitro benzene ring substituents is 1. The van der Waals surface area contributed by atoms with Crippen LogP contribution >= 0.6 is 11.6 Å². The highest BCUT2D eigenvalue weighted by Gasteiger charge is 2.23. The third kappa shape index (κ3) is 4.68. The molecule has 0 atom stereocenters. The minimum absolute atomic E-state index is 0.00134. The molecule has 7 nitrogen and oxygen atoms in total. The average Bonchev–Trinajstić information content (AvgIpc) is 2.67. The molecule has 2 aromatic carbocycles. The van der Waals surface area contributed by atoms with Crippen LogP contribution < -0.4 is 9.64 Å². The Morgan fingerprint density at radius 2 is 1.81 bits per heavy atom. The van der Waals surface area contributed by atoms with Crippen LogP contribution in [0.2, 0.25) is 5.02 Å². The minimum atomic E-state index is -0.472. The predicted molar refractivity (Wildman–Crippen MR) is 104 cm³/mol. The summed E-state index contributed by atoms with van der Waals surface area (Å²) in [5.74, 6) is 0.607. The molecule has 142 valence electrons. The Hall–Kier alpha value is -2.80. The number of hydrogen-bond acceptors (Lipinski definition) is 5. The topological polar surface area (TPSA) is 75.9 Å². The number of amides is 1. The third-order valence-corrected chi connectivity index (χ3v) is 4.80. The molecule has 8 heteroatoms. The second kappa shape index (κ2) is 8.26. The molecule has 0 N–H and O–H groups in total. The number of nitrogens with zero attached hydrogens (tertiary/aromatic N) is 3. The lowest BCUT2D eigenvalue weighted by Gasteiger charge is -2.36. The SMILES string of the molecule is Cc1ccc(OCC(=O)N2CCN(c3ccc([N+](=O)[O-])cc3Cl)CC2)cc1. The van der Waals surface area contributed by atoms with E-state index in [2.05, 4.69) is 0 Å². The number of ether oxygens (including phenoxy) is 1. The molecule has 0 bridgehead atoms. The van der Waals surface area contributed by atoms with E-state index in [1.54, 1.807) is 11.0 Å². The van der Waals surface area contributed by atoms with Crippen molar-refractivity contribution in [2.45, 2.75) is 6.92 Å². The highest BCUT2D eigenvalue weighted by Crippen LogP contribution is 2.30. The molecular weight excluding hydrogens is 370 g/mol. The fourth-order valence-corrected chi connectivity index (χ4v) is 3.23. The maximum Gasteiger partial charge on any atom is 0.271 e. The van der Waals surface area contributed by atoms with Gasteiger partial charge in [0.15, 0.2) is 6.61 Å². The molecule has 0 spiro atoms. The van der Waals surface area contributed by atoms with Gasteiger partial charge in [0.05, 0.1) is 15.6 Å². The highest BCUT2D eigenvalue weighted by molar-refractivity contribution is 6.33. The smallest absolute Gasteiger partial charge is 0.271 e. The highest BCUT2D eigenvalue weighted by atomic mass is 35.5. The van der Waals surface area contributed by atoms with Crippen LogP contribution in [0.5, 0.6) is 5.75 Å². The first-order chi connectivity index (χ1) is 12.9. The fraction of sp³-hybridized carbons (Fsp3) is 0.316. The van der Waals surface area contributed by atoms with Gasteiger partial charge in [-0.25, -0.2) is 0 Å². The monoisotopic (exact) mass is 389 g/mol. The Labute approximate surface area is 162 Å². The summed E-state index contributed by atoms with van der Waals surface area (Å²) in [5, 5.41) is 11.2. The van der Waals surface area contributed by atoms with Gasteiger partial charge in [0, 0.05) is 38.3 Å². The summed E-state index contributed by atoms with van der Waals surface area (Å²) in [4.78, 5) is 26.5. The Bertz CT molecular complexity index is 833. The summed E-state index contributed by atoms with van der Waals surface area (Å²) in [7, 11) is 0. The van der Waals surface area contributed by atoms with Crippen molar-refractivity contribution in [2.75, 3.05) is 37.7 Å². The summed E-state index contributed by atoms with van der Waals surface area (Å²) < 4.78 is 5.55. The number of anilines is 1. The largest absolute Gasteiger partial charge is 0.484 e. The number of carbonyl (C=O) groups excluding carboxylic acids is 1. The van der Waals surface area contributed by atoms with Gasteiger partial charge < -0.3 is 14.5 Å². The first kappa shape index (κ1) is 19.0. The number of nitro benzene ring substituents is 1. The van der Waals surface area contributed by atoms with Gasteiger partial charge in [0.25, 0.3) is 11.6 Å². The number of rotatable bonds is 5. The van der Waals surface area contributed by atoms with Gasteiger partial charge in [-0.2, -0.15) is 0 Å². The molecule has 1 saturated heterocycles. The van der Waals surface area contributed by atoms with Crippen molar-refractivity contribution in [3.8, 4) is 5.75 Å². The number of aryl methyl sites for hydroxylation is 1. The second-order valence-electron chi connectivity index (χ2n) is 6.36. The summed E-state index contributed by atoms with van der Waals surface area (Å²) in [5.41, 5.74) is 1.84. The van der Waals surface area contributed by atoms with E-state index < -0.39 is 4.92 Å². The normalized spacial score (nSPS) is 14.1. The number of benzene rings is 2. The molecule has 2 aromatic rings. The maximum absolute atomic E-state index is 12.3.